The molecule has 1 unspecified atom stereocenters. The van der Waals surface area contributed by atoms with Gasteiger partial charge in [-0.2, -0.15) is 0 Å². The number of hydrogen-bond donors (Lipinski definition) is 3. The fourth-order valence-corrected chi connectivity index (χ4v) is 2.86. The number of guanidine groups is 1. The quantitative estimate of drug-likeness (QED) is 0.584. The van der Waals surface area contributed by atoms with Crippen LogP contribution in [0, 0.1) is 0 Å². The lowest BCUT2D eigenvalue weighted by atomic mass is 9.80. The highest BCUT2D eigenvalue weighted by Gasteiger charge is 2.34. The van der Waals surface area contributed by atoms with Crippen LogP contribution in [0.25, 0.3) is 0 Å². The number of benzene rings is 1. The van der Waals surface area contributed by atoms with Gasteiger partial charge in [0.1, 0.15) is 5.75 Å². The molecule has 5 heteroatoms. The minimum absolute atomic E-state index is 0.192. The molecule has 0 radical (unpaired) electrons. The van der Waals surface area contributed by atoms with Crippen LogP contribution in [0.2, 0.25) is 0 Å². The van der Waals surface area contributed by atoms with Crippen molar-refractivity contribution in [2.75, 3.05) is 20.2 Å². The lowest BCUT2D eigenvalue weighted by Gasteiger charge is -2.37. The Hall–Kier alpha value is -1.75. The zero-order chi connectivity index (χ0) is 14.7. The van der Waals surface area contributed by atoms with E-state index in [4.69, 9.17) is 4.74 Å². The van der Waals surface area contributed by atoms with E-state index in [9.17, 15) is 5.11 Å². The molecule has 0 amide bonds. The van der Waals surface area contributed by atoms with Crippen LogP contribution in [-0.2, 0) is 0 Å². The monoisotopic (exact) mass is 289 g/mol. The SMILES string of the molecule is CN=C(NCC1(O)CCC1)NC1CCOc2ccccc21. The number of nitrogens with one attached hydrogen (secondary N) is 2. The van der Waals surface area contributed by atoms with Gasteiger partial charge in [0.25, 0.3) is 0 Å². The summed E-state index contributed by atoms with van der Waals surface area (Å²) in [4.78, 5) is 4.26. The van der Waals surface area contributed by atoms with Crippen LogP contribution in [0.3, 0.4) is 0 Å². The summed E-state index contributed by atoms with van der Waals surface area (Å²) in [5, 5.41) is 16.8. The maximum Gasteiger partial charge on any atom is 0.191 e. The molecule has 5 nitrogen and oxygen atoms in total. The van der Waals surface area contributed by atoms with Crippen molar-refractivity contribution < 1.29 is 9.84 Å². The summed E-state index contributed by atoms with van der Waals surface area (Å²) >= 11 is 0. The van der Waals surface area contributed by atoms with E-state index in [1.165, 1.54) is 0 Å². The van der Waals surface area contributed by atoms with Crippen LogP contribution in [-0.4, -0.2) is 36.9 Å². The second-order valence-corrected chi connectivity index (χ2v) is 5.88. The standard InChI is InChI=1S/C16H23N3O2/c1-17-15(18-11-16(20)8-4-9-16)19-13-7-10-21-14-6-3-2-5-12(13)14/h2-3,5-6,13,20H,4,7-11H2,1H3,(H2,17,18,19). The van der Waals surface area contributed by atoms with Crippen LogP contribution in [0.15, 0.2) is 29.3 Å². The van der Waals surface area contributed by atoms with Gasteiger partial charge in [-0.25, -0.2) is 0 Å². The molecule has 0 aromatic heterocycles. The second kappa shape index (κ2) is 5.93. The molecule has 21 heavy (non-hydrogen) atoms. The molecule has 0 saturated heterocycles. The maximum atomic E-state index is 10.2. The summed E-state index contributed by atoms with van der Waals surface area (Å²) in [5.74, 6) is 1.67. The number of hydrogen-bond acceptors (Lipinski definition) is 3. The predicted molar refractivity (Wildman–Crippen MR) is 82.6 cm³/mol. The normalized spacial score (nSPS) is 23.5. The molecule has 1 saturated carbocycles. The van der Waals surface area contributed by atoms with Gasteiger partial charge in [-0.15, -0.1) is 0 Å². The van der Waals surface area contributed by atoms with Crippen molar-refractivity contribution in [3.8, 4) is 5.75 Å². The first-order valence-electron chi connectivity index (χ1n) is 7.61. The average Bonchev–Trinajstić information content (AvgIpc) is 2.49. The zero-order valence-corrected chi connectivity index (χ0v) is 12.4. The number of aliphatic hydroxyl groups is 1. The van der Waals surface area contributed by atoms with Gasteiger partial charge < -0.3 is 20.5 Å². The molecule has 114 valence electrons. The number of ether oxygens (including phenoxy) is 1. The van der Waals surface area contributed by atoms with Gasteiger partial charge in [-0.3, -0.25) is 4.99 Å². The average molecular weight is 289 g/mol. The third-order valence-electron chi connectivity index (χ3n) is 4.36. The number of aliphatic imine (C=N–C) groups is 1. The molecule has 3 N–H and O–H groups in total. The molecule has 1 atom stereocenters. The molecule has 1 aromatic carbocycles. The van der Waals surface area contributed by atoms with E-state index < -0.39 is 5.60 Å². The molecular formula is C16H23N3O2. The van der Waals surface area contributed by atoms with Crippen molar-refractivity contribution in [2.45, 2.75) is 37.3 Å². The Balaban J connectivity index is 1.62. The molecule has 1 aliphatic heterocycles. The van der Waals surface area contributed by atoms with Gasteiger partial charge in [0, 0.05) is 25.6 Å². The van der Waals surface area contributed by atoms with Crippen LogP contribution in [0.4, 0.5) is 0 Å². The predicted octanol–water partition coefficient (Wildman–Crippen LogP) is 1.59. The van der Waals surface area contributed by atoms with Crippen molar-refractivity contribution in [3.05, 3.63) is 29.8 Å². The largest absolute Gasteiger partial charge is 0.493 e. The Kier molecular flexibility index (Phi) is 4.01. The minimum atomic E-state index is -0.550. The fourth-order valence-electron chi connectivity index (χ4n) is 2.86. The maximum absolute atomic E-state index is 10.2. The number of para-hydroxylation sites is 1. The van der Waals surface area contributed by atoms with Gasteiger partial charge in [0.2, 0.25) is 0 Å². The molecular weight excluding hydrogens is 266 g/mol. The summed E-state index contributed by atoms with van der Waals surface area (Å²) in [7, 11) is 1.76. The first-order valence-corrected chi connectivity index (χ1v) is 7.61. The second-order valence-electron chi connectivity index (χ2n) is 5.88. The Bertz CT molecular complexity index is 526. The smallest absolute Gasteiger partial charge is 0.191 e. The fraction of sp³-hybridized carbons (Fsp3) is 0.562. The number of rotatable bonds is 3. The lowest BCUT2D eigenvalue weighted by Crippen LogP contribution is -2.51. The summed E-state index contributed by atoms with van der Waals surface area (Å²) in [5.41, 5.74) is 0.611. The van der Waals surface area contributed by atoms with E-state index in [2.05, 4.69) is 21.7 Å². The lowest BCUT2D eigenvalue weighted by molar-refractivity contribution is -0.0279. The van der Waals surface area contributed by atoms with Crippen molar-refractivity contribution >= 4 is 5.96 Å². The molecule has 1 aromatic rings. The van der Waals surface area contributed by atoms with E-state index in [0.717, 1.165) is 43.0 Å². The number of nitrogens with zero attached hydrogens (tertiary/aromatic N) is 1. The molecule has 1 aliphatic carbocycles. The summed E-state index contributed by atoms with van der Waals surface area (Å²) in [6, 6.07) is 8.28. The first-order chi connectivity index (χ1) is 10.2. The topological polar surface area (TPSA) is 65.9 Å². The molecule has 2 aliphatic rings. The van der Waals surface area contributed by atoms with Crippen LogP contribution in [0.1, 0.15) is 37.3 Å². The van der Waals surface area contributed by atoms with Gasteiger partial charge >= 0.3 is 0 Å². The van der Waals surface area contributed by atoms with Crippen LogP contribution >= 0.6 is 0 Å². The highest BCUT2D eigenvalue weighted by atomic mass is 16.5. The molecule has 1 heterocycles. The summed E-state index contributed by atoms with van der Waals surface area (Å²) in [6.07, 6.45) is 3.76. The zero-order valence-electron chi connectivity index (χ0n) is 12.4. The van der Waals surface area contributed by atoms with E-state index in [-0.39, 0.29) is 6.04 Å². The van der Waals surface area contributed by atoms with Crippen molar-refractivity contribution in [2.24, 2.45) is 4.99 Å². The molecule has 3 rings (SSSR count). The Morgan fingerprint density at radius 2 is 2.24 bits per heavy atom. The molecule has 1 fully saturated rings. The first kappa shape index (κ1) is 14.2. The summed E-state index contributed by atoms with van der Waals surface area (Å²) < 4.78 is 5.67. The van der Waals surface area contributed by atoms with Gasteiger partial charge in [-0.1, -0.05) is 18.2 Å². The third kappa shape index (κ3) is 3.13. The van der Waals surface area contributed by atoms with E-state index >= 15 is 0 Å². The minimum Gasteiger partial charge on any atom is -0.493 e. The highest BCUT2D eigenvalue weighted by molar-refractivity contribution is 5.80. The number of fused-ring (bicyclic) bond motifs is 1. The Morgan fingerprint density at radius 1 is 1.43 bits per heavy atom. The van der Waals surface area contributed by atoms with Crippen molar-refractivity contribution in [1.82, 2.24) is 10.6 Å². The van der Waals surface area contributed by atoms with Gasteiger partial charge in [0.05, 0.1) is 18.2 Å². The van der Waals surface area contributed by atoms with Crippen LogP contribution in [0.5, 0.6) is 5.75 Å². The third-order valence-corrected chi connectivity index (χ3v) is 4.36. The van der Waals surface area contributed by atoms with E-state index in [0.29, 0.717) is 13.2 Å². The van der Waals surface area contributed by atoms with Crippen molar-refractivity contribution in [3.63, 3.8) is 0 Å². The van der Waals surface area contributed by atoms with Crippen molar-refractivity contribution in [1.29, 1.82) is 0 Å². The Labute approximate surface area is 125 Å². The van der Waals surface area contributed by atoms with Gasteiger partial charge in [0.15, 0.2) is 5.96 Å². The highest BCUT2D eigenvalue weighted by Crippen LogP contribution is 2.32. The van der Waals surface area contributed by atoms with E-state index in [1.807, 2.05) is 18.2 Å². The van der Waals surface area contributed by atoms with Crippen LogP contribution < -0.4 is 15.4 Å². The molecule has 0 bridgehead atoms. The molecule has 0 spiro atoms. The summed E-state index contributed by atoms with van der Waals surface area (Å²) in [6.45, 7) is 1.26. The van der Waals surface area contributed by atoms with Gasteiger partial charge in [-0.05, 0) is 25.3 Å². The Morgan fingerprint density at radius 3 is 2.95 bits per heavy atom. The van der Waals surface area contributed by atoms with E-state index in [1.54, 1.807) is 7.05 Å².